The van der Waals surface area contributed by atoms with Crippen LogP contribution < -0.4 is 23.7 Å². The number of carbonyl (C=O) groups excluding carboxylic acids is 3. The highest BCUT2D eigenvalue weighted by molar-refractivity contribution is 7.99. The number of benzene rings is 3. The van der Waals surface area contributed by atoms with Crippen molar-refractivity contribution in [1.29, 1.82) is 5.26 Å². The number of nitrogens with zero attached hydrogens (tertiary/aromatic N) is 3. The molecule has 0 radical (unpaired) electrons. The van der Waals surface area contributed by atoms with Gasteiger partial charge in [0, 0.05) is 60.2 Å². The molecule has 6 aliphatic heterocycles. The number of nitriles is 1. The molecular formula is C42H43N3O11S. The zero-order valence-electron chi connectivity index (χ0n) is 32.4. The maximum atomic E-state index is 13.9. The maximum absolute atomic E-state index is 13.9. The number of fused-ring (bicyclic) bond motifs is 10. The summed E-state index contributed by atoms with van der Waals surface area (Å²) in [7, 11) is 5.16. The van der Waals surface area contributed by atoms with Crippen LogP contribution in [0.1, 0.15) is 63.2 Å². The number of ether oxygens (including phenoxy) is 8. The van der Waals surface area contributed by atoms with Crippen LogP contribution in [0.4, 0.5) is 0 Å². The topological polar surface area (TPSA) is 155 Å². The Morgan fingerprint density at radius 2 is 1.81 bits per heavy atom. The van der Waals surface area contributed by atoms with Gasteiger partial charge in [0.2, 0.25) is 12.9 Å². The molecule has 0 N–H and O–H groups in total. The molecule has 0 amide bonds. The number of rotatable bonds is 8. The average Bonchev–Trinajstić information content (AvgIpc) is 3.69. The van der Waals surface area contributed by atoms with Gasteiger partial charge < -0.3 is 37.9 Å². The van der Waals surface area contributed by atoms with Gasteiger partial charge in [0.25, 0.3) is 0 Å². The van der Waals surface area contributed by atoms with Crippen LogP contribution in [0.15, 0.2) is 42.5 Å². The normalized spacial score (nSPS) is 26.1. The van der Waals surface area contributed by atoms with Gasteiger partial charge in [-0.15, -0.1) is 11.8 Å². The molecule has 3 aromatic rings. The van der Waals surface area contributed by atoms with E-state index < -0.39 is 53.4 Å². The van der Waals surface area contributed by atoms with Crippen LogP contribution in [-0.4, -0.2) is 99.2 Å². The standard InChI is InChI=1S/C42H43N3O11S/c1-21-14-25-15-26-27(16-43)45-28-17-51-42(48)29(56-30(47)13-12-24-10-8-7-9-11-24)18-57-41(33-32(28)40-38(53-20-54-40)22(2)37(33)55-23(3)46)35(45)34(44(26)4)31(25)39(36(21)50-6)52-19-49-5/h7-14,26-29,34-35,41H,15,17-20H2,1-6H3/b13-12+/t26-,27-,28-,29-,34+,35?,41+/m0/s1. The highest BCUT2D eigenvalue weighted by Gasteiger charge is 2.61. The fourth-order valence-corrected chi connectivity index (χ4v) is 10.7. The predicted molar refractivity (Wildman–Crippen MR) is 206 cm³/mol. The molecule has 2 fully saturated rings. The van der Waals surface area contributed by atoms with Crippen molar-refractivity contribution in [2.45, 2.75) is 68.8 Å². The first-order valence-electron chi connectivity index (χ1n) is 18.6. The van der Waals surface area contributed by atoms with E-state index in [2.05, 4.69) is 21.9 Å². The number of hydrogen-bond donors (Lipinski definition) is 0. The number of hydrogen-bond acceptors (Lipinski definition) is 15. The fourth-order valence-electron chi connectivity index (χ4n) is 9.18. The van der Waals surface area contributed by atoms with Crippen LogP contribution in [0.3, 0.4) is 0 Å². The lowest BCUT2D eigenvalue weighted by Gasteiger charge is -2.61. The van der Waals surface area contributed by atoms with Crippen molar-refractivity contribution < 1.29 is 52.3 Å². The Morgan fingerprint density at radius 3 is 2.53 bits per heavy atom. The summed E-state index contributed by atoms with van der Waals surface area (Å²) in [6.45, 7) is 4.77. The number of likely N-dealkylation sites (N-methyl/N-ethyl adjacent to an activating group) is 1. The molecule has 1 unspecified atom stereocenters. The monoisotopic (exact) mass is 797 g/mol. The van der Waals surface area contributed by atoms with E-state index >= 15 is 0 Å². The summed E-state index contributed by atoms with van der Waals surface area (Å²) < 4.78 is 47.9. The number of aryl methyl sites for hydroxylation is 1. The molecule has 57 heavy (non-hydrogen) atoms. The predicted octanol–water partition coefficient (Wildman–Crippen LogP) is 5.13. The molecule has 6 heterocycles. The second kappa shape index (κ2) is 15.6. The summed E-state index contributed by atoms with van der Waals surface area (Å²) in [5.41, 5.74) is 5.40. The number of carbonyl (C=O) groups is 3. The third-order valence-electron chi connectivity index (χ3n) is 11.4. The summed E-state index contributed by atoms with van der Waals surface area (Å²) in [4.78, 5) is 44.4. The van der Waals surface area contributed by atoms with Gasteiger partial charge in [-0.2, -0.15) is 5.26 Å². The molecule has 0 aromatic heterocycles. The number of esters is 3. The van der Waals surface area contributed by atoms with Gasteiger partial charge in [-0.05, 0) is 50.1 Å². The average molecular weight is 798 g/mol. The van der Waals surface area contributed by atoms with Crippen molar-refractivity contribution in [1.82, 2.24) is 9.80 Å². The maximum Gasteiger partial charge on any atom is 0.348 e. The molecule has 9 rings (SSSR count). The summed E-state index contributed by atoms with van der Waals surface area (Å²) in [5.74, 6) is 0.274. The van der Waals surface area contributed by atoms with Gasteiger partial charge in [-0.25, -0.2) is 9.59 Å². The second-order valence-corrected chi connectivity index (χ2v) is 15.8. The Labute approximate surface area is 334 Å². The zero-order chi connectivity index (χ0) is 40.1. The molecule has 4 bridgehead atoms. The van der Waals surface area contributed by atoms with E-state index in [1.54, 1.807) is 20.3 Å². The summed E-state index contributed by atoms with van der Waals surface area (Å²) >= 11 is 1.36. The second-order valence-electron chi connectivity index (χ2n) is 14.6. The molecule has 15 heteroatoms. The van der Waals surface area contributed by atoms with Crippen LogP contribution in [0.25, 0.3) is 6.08 Å². The van der Waals surface area contributed by atoms with Gasteiger partial charge in [0.1, 0.15) is 18.4 Å². The molecule has 6 aliphatic rings. The summed E-state index contributed by atoms with van der Waals surface area (Å²) in [6.07, 6.45) is 2.13. The molecule has 298 valence electrons. The van der Waals surface area contributed by atoms with Crippen molar-refractivity contribution in [2.75, 3.05) is 47.2 Å². The van der Waals surface area contributed by atoms with Gasteiger partial charge in [0.15, 0.2) is 29.8 Å². The third-order valence-corrected chi connectivity index (χ3v) is 12.8. The molecule has 14 nitrogen and oxygen atoms in total. The number of piperazine rings is 1. The van der Waals surface area contributed by atoms with E-state index in [-0.39, 0.29) is 32.0 Å². The minimum absolute atomic E-state index is 0.0238. The van der Waals surface area contributed by atoms with Gasteiger partial charge >= 0.3 is 17.9 Å². The minimum Gasteiger partial charge on any atom is -0.493 e. The van der Waals surface area contributed by atoms with E-state index in [4.69, 9.17) is 37.9 Å². The number of thioether (sulfide) groups is 1. The van der Waals surface area contributed by atoms with Crippen molar-refractivity contribution >= 4 is 35.7 Å². The Kier molecular flexibility index (Phi) is 10.6. The van der Waals surface area contributed by atoms with E-state index in [9.17, 15) is 19.6 Å². The quantitative estimate of drug-likeness (QED) is 0.128. The Hall–Kier alpha value is -5.27. The van der Waals surface area contributed by atoms with Crippen LogP contribution in [0, 0.1) is 25.2 Å². The third kappa shape index (κ3) is 6.54. The zero-order valence-corrected chi connectivity index (χ0v) is 33.3. The first-order valence-corrected chi connectivity index (χ1v) is 19.7. The van der Waals surface area contributed by atoms with Crippen molar-refractivity contribution in [3.63, 3.8) is 0 Å². The first-order chi connectivity index (χ1) is 27.6. The highest BCUT2D eigenvalue weighted by atomic mass is 32.2. The van der Waals surface area contributed by atoms with Crippen molar-refractivity contribution in [3.8, 4) is 34.8 Å². The van der Waals surface area contributed by atoms with Gasteiger partial charge in [-0.1, -0.05) is 36.4 Å². The van der Waals surface area contributed by atoms with E-state index in [1.165, 1.54) is 24.8 Å². The van der Waals surface area contributed by atoms with E-state index in [0.29, 0.717) is 51.9 Å². The van der Waals surface area contributed by atoms with Crippen molar-refractivity contribution in [2.24, 2.45) is 0 Å². The Bertz CT molecular complexity index is 2190. The summed E-state index contributed by atoms with van der Waals surface area (Å²) in [5, 5.41) is 10.5. The minimum atomic E-state index is -1.28. The SMILES string of the molecule is COCOc1c(OC)c(C)cc2c1[C@@H]1C3[C@@H]4SC[C@H](OC(=O)/C=C/c5ccccc5)C(=O)OC[C@@H](c5c6c(c(C)c(OC(C)=O)c54)OCO6)N3[C@@H](C#N)[C@H](C2)N1C. The molecule has 0 saturated carbocycles. The van der Waals surface area contributed by atoms with E-state index in [0.717, 1.165) is 22.3 Å². The lowest BCUT2D eigenvalue weighted by molar-refractivity contribution is -0.167. The highest BCUT2D eigenvalue weighted by Crippen LogP contribution is 2.64. The van der Waals surface area contributed by atoms with Crippen LogP contribution in [0.5, 0.6) is 28.7 Å². The first kappa shape index (κ1) is 38.6. The molecule has 7 atom stereocenters. The summed E-state index contributed by atoms with van der Waals surface area (Å²) in [6, 6.07) is 11.3. The lowest BCUT2D eigenvalue weighted by Crippen LogP contribution is -2.69. The molecule has 0 spiro atoms. The van der Waals surface area contributed by atoms with Crippen LogP contribution in [0.2, 0.25) is 0 Å². The van der Waals surface area contributed by atoms with Crippen LogP contribution in [-0.2, 0) is 35.0 Å². The van der Waals surface area contributed by atoms with Gasteiger partial charge in [0.05, 0.1) is 30.5 Å². The fraction of sp³-hybridized carbons (Fsp3) is 0.429. The molecule has 2 saturated heterocycles. The van der Waals surface area contributed by atoms with Gasteiger partial charge in [-0.3, -0.25) is 14.6 Å². The Balaban J connectivity index is 1.33. The number of methoxy groups -OCH3 is 2. The van der Waals surface area contributed by atoms with E-state index in [1.807, 2.05) is 51.2 Å². The lowest BCUT2D eigenvalue weighted by atomic mass is 9.71. The smallest absolute Gasteiger partial charge is 0.348 e. The van der Waals surface area contributed by atoms with Crippen molar-refractivity contribution in [3.05, 3.63) is 81.4 Å². The van der Waals surface area contributed by atoms with Crippen LogP contribution >= 0.6 is 11.8 Å². The molecular weight excluding hydrogens is 755 g/mol. The molecule has 3 aromatic carbocycles. The Morgan fingerprint density at radius 1 is 1.04 bits per heavy atom. The molecule has 0 aliphatic carbocycles. The largest absolute Gasteiger partial charge is 0.493 e.